The maximum atomic E-state index is 5.72. The molecule has 0 aliphatic carbocycles. The van der Waals surface area contributed by atoms with Crippen LogP contribution in [-0.2, 0) is 6.54 Å². The lowest BCUT2D eigenvalue weighted by Gasteiger charge is -2.35. The third-order valence-electron chi connectivity index (χ3n) is 3.46. The van der Waals surface area contributed by atoms with E-state index in [1.165, 1.54) is 6.42 Å². The first-order valence-electron chi connectivity index (χ1n) is 6.52. The van der Waals surface area contributed by atoms with Crippen LogP contribution in [0.25, 0.3) is 0 Å². The molecule has 3 nitrogen and oxygen atoms in total. The molecule has 1 aromatic heterocycles. The summed E-state index contributed by atoms with van der Waals surface area (Å²) in [5.41, 5.74) is 7.65. The van der Waals surface area contributed by atoms with Crippen LogP contribution in [0.4, 0.5) is 0 Å². The second kappa shape index (κ2) is 5.76. The number of hydrogen-bond acceptors (Lipinski definition) is 3. The molecule has 1 fully saturated rings. The molecule has 0 saturated carbocycles. The van der Waals surface area contributed by atoms with Crippen molar-refractivity contribution in [2.24, 2.45) is 17.6 Å². The van der Waals surface area contributed by atoms with Gasteiger partial charge in [-0.2, -0.15) is 0 Å². The van der Waals surface area contributed by atoms with Crippen molar-refractivity contribution in [2.45, 2.75) is 26.8 Å². The average molecular weight is 263 g/mol. The van der Waals surface area contributed by atoms with Gasteiger partial charge >= 0.3 is 0 Å². The monoisotopic (exact) mass is 263 g/mol. The van der Waals surface area contributed by atoms with Gasteiger partial charge < -0.3 is 5.73 Å². The normalized spacial score (nSPS) is 25.0. The Bertz CT molecular complexity index is 423. The lowest BCUT2D eigenvalue weighted by Crippen LogP contribution is -2.38. The summed E-state index contributed by atoms with van der Waals surface area (Å²) in [6.45, 7) is 7.84. The van der Waals surface area contributed by atoms with Crippen molar-refractivity contribution in [3.63, 3.8) is 0 Å². The highest BCUT2D eigenvalue weighted by molar-refractivity contribution is 7.80. The van der Waals surface area contributed by atoms with Crippen molar-refractivity contribution in [3.8, 4) is 0 Å². The molecule has 98 valence electrons. The van der Waals surface area contributed by atoms with Crippen LogP contribution in [0.3, 0.4) is 0 Å². The summed E-state index contributed by atoms with van der Waals surface area (Å²) < 4.78 is 0. The Morgan fingerprint density at radius 2 is 2.11 bits per heavy atom. The van der Waals surface area contributed by atoms with Gasteiger partial charge in [0, 0.05) is 25.8 Å². The Kier molecular flexibility index (Phi) is 4.30. The highest BCUT2D eigenvalue weighted by Gasteiger charge is 2.22. The lowest BCUT2D eigenvalue weighted by atomic mass is 9.91. The summed E-state index contributed by atoms with van der Waals surface area (Å²) in [6.07, 6.45) is 3.07. The van der Waals surface area contributed by atoms with Gasteiger partial charge in [-0.15, -0.1) is 0 Å². The van der Waals surface area contributed by atoms with E-state index < -0.39 is 0 Å². The summed E-state index contributed by atoms with van der Waals surface area (Å²) in [5.74, 6) is 1.53. The molecule has 0 aromatic carbocycles. The predicted molar refractivity (Wildman–Crippen MR) is 78.3 cm³/mol. The van der Waals surface area contributed by atoms with E-state index in [4.69, 9.17) is 18.0 Å². The van der Waals surface area contributed by atoms with E-state index in [9.17, 15) is 0 Å². The number of hydrogen-bond donors (Lipinski definition) is 1. The van der Waals surface area contributed by atoms with Crippen molar-refractivity contribution >= 4 is 17.2 Å². The smallest absolute Gasteiger partial charge is 0.123 e. The third kappa shape index (κ3) is 3.27. The number of pyridine rings is 1. The van der Waals surface area contributed by atoms with E-state index in [1.54, 1.807) is 6.20 Å². The molecule has 2 heterocycles. The molecular formula is C14H21N3S. The van der Waals surface area contributed by atoms with Crippen molar-refractivity contribution in [2.75, 3.05) is 13.1 Å². The molecule has 18 heavy (non-hydrogen) atoms. The fourth-order valence-corrected chi connectivity index (χ4v) is 3.13. The van der Waals surface area contributed by atoms with E-state index in [1.807, 2.05) is 6.07 Å². The van der Waals surface area contributed by atoms with E-state index in [0.717, 1.165) is 42.7 Å². The number of piperidine rings is 1. The van der Waals surface area contributed by atoms with Crippen molar-refractivity contribution in [1.29, 1.82) is 0 Å². The number of nitrogens with two attached hydrogens (primary N) is 1. The van der Waals surface area contributed by atoms with Crippen molar-refractivity contribution in [1.82, 2.24) is 9.88 Å². The number of likely N-dealkylation sites (tertiary alicyclic amines) is 1. The number of rotatable bonds is 3. The molecule has 2 rings (SSSR count). The van der Waals surface area contributed by atoms with Crippen LogP contribution in [0.2, 0.25) is 0 Å². The molecule has 0 bridgehead atoms. The fraction of sp³-hybridized carbons (Fsp3) is 0.571. The number of aromatic nitrogens is 1. The van der Waals surface area contributed by atoms with Gasteiger partial charge in [0.15, 0.2) is 0 Å². The van der Waals surface area contributed by atoms with E-state index in [0.29, 0.717) is 4.99 Å². The quantitative estimate of drug-likeness (QED) is 0.849. The van der Waals surface area contributed by atoms with E-state index >= 15 is 0 Å². The molecule has 2 atom stereocenters. The van der Waals surface area contributed by atoms with Crippen molar-refractivity contribution in [3.05, 3.63) is 29.6 Å². The van der Waals surface area contributed by atoms with E-state index in [2.05, 4.69) is 29.8 Å². The molecule has 1 aliphatic heterocycles. The first kappa shape index (κ1) is 13.4. The summed E-state index contributed by atoms with van der Waals surface area (Å²) >= 11 is 5.06. The molecule has 2 N–H and O–H groups in total. The Morgan fingerprint density at radius 3 is 2.72 bits per heavy atom. The summed E-state index contributed by atoms with van der Waals surface area (Å²) in [7, 11) is 0. The molecule has 0 spiro atoms. The topological polar surface area (TPSA) is 42.2 Å². The van der Waals surface area contributed by atoms with Gasteiger partial charge in [0.2, 0.25) is 0 Å². The summed E-state index contributed by atoms with van der Waals surface area (Å²) in [5, 5.41) is 0. The SMILES string of the molecule is CC1CC(C)CN(Cc2cccnc2C(N)=S)C1. The fourth-order valence-electron chi connectivity index (χ4n) is 2.95. The Hall–Kier alpha value is -1.00. The second-order valence-corrected chi connectivity index (χ2v) is 5.96. The largest absolute Gasteiger partial charge is 0.388 e. The lowest BCUT2D eigenvalue weighted by molar-refractivity contribution is 0.134. The first-order chi connectivity index (χ1) is 8.56. The third-order valence-corrected chi connectivity index (χ3v) is 3.66. The van der Waals surface area contributed by atoms with Crippen LogP contribution in [-0.4, -0.2) is 28.0 Å². The highest BCUT2D eigenvalue weighted by Crippen LogP contribution is 2.22. The maximum absolute atomic E-state index is 5.72. The molecule has 2 unspecified atom stereocenters. The standard InChI is InChI=1S/C14H21N3S/c1-10-6-11(2)8-17(7-10)9-12-4-3-5-16-13(12)14(15)18/h3-5,10-11H,6-9H2,1-2H3,(H2,15,18). The minimum atomic E-state index is 0.392. The van der Waals surface area contributed by atoms with Crippen LogP contribution < -0.4 is 5.73 Å². The van der Waals surface area contributed by atoms with Crippen LogP contribution >= 0.6 is 12.2 Å². The minimum Gasteiger partial charge on any atom is -0.388 e. The molecule has 0 radical (unpaired) electrons. The van der Waals surface area contributed by atoms with E-state index in [-0.39, 0.29) is 0 Å². The van der Waals surface area contributed by atoms with Gasteiger partial charge in [-0.25, -0.2) is 0 Å². The maximum Gasteiger partial charge on any atom is 0.123 e. The Labute approximate surface area is 114 Å². The minimum absolute atomic E-state index is 0.392. The second-order valence-electron chi connectivity index (χ2n) is 5.52. The Morgan fingerprint density at radius 1 is 1.44 bits per heavy atom. The average Bonchev–Trinajstić information content (AvgIpc) is 2.27. The van der Waals surface area contributed by atoms with Crippen LogP contribution in [0, 0.1) is 11.8 Å². The number of thiocarbonyl (C=S) groups is 1. The van der Waals surface area contributed by atoms with Gasteiger partial charge in [-0.3, -0.25) is 9.88 Å². The van der Waals surface area contributed by atoms with Crippen LogP contribution in [0.15, 0.2) is 18.3 Å². The zero-order valence-corrected chi connectivity index (χ0v) is 11.9. The van der Waals surface area contributed by atoms with Crippen molar-refractivity contribution < 1.29 is 0 Å². The number of nitrogens with zero attached hydrogens (tertiary/aromatic N) is 2. The molecule has 1 aromatic rings. The molecule has 4 heteroatoms. The van der Waals surface area contributed by atoms with Crippen LogP contribution in [0.1, 0.15) is 31.5 Å². The van der Waals surface area contributed by atoms with Gasteiger partial charge in [0.25, 0.3) is 0 Å². The van der Waals surface area contributed by atoms with Gasteiger partial charge in [-0.05, 0) is 29.9 Å². The first-order valence-corrected chi connectivity index (χ1v) is 6.93. The molecular weight excluding hydrogens is 242 g/mol. The van der Waals surface area contributed by atoms with Crippen LogP contribution in [0.5, 0.6) is 0 Å². The zero-order valence-electron chi connectivity index (χ0n) is 11.1. The molecule has 1 aliphatic rings. The Balaban J connectivity index is 2.11. The zero-order chi connectivity index (χ0) is 13.1. The van der Waals surface area contributed by atoms with Gasteiger partial charge in [-0.1, -0.05) is 32.1 Å². The van der Waals surface area contributed by atoms with Gasteiger partial charge in [0.1, 0.15) is 10.7 Å². The van der Waals surface area contributed by atoms with Gasteiger partial charge in [0.05, 0.1) is 0 Å². The summed E-state index contributed by atoms with van der Waals surface area (Å²) in [4.78, 5) is 7.16. The summed E-state index contributed by atoms with van der Waals surface area (Å²) in [6, 6.07) is 4.03. The predicted octanol–water partition coefficient (Wildman–Crippen LogP) is 2.19. The molecule has 0 amide bonds. The highest BCUT2D eigenvalue weighted by atomic mass is 32.1. The molecule has 1 saturated heterocycles.